The molecule has 2 heterocycles. The number of carbonyl (C=O) groups excluding carboxylic acids is 1. The number of aromatic amines is 1. The molecule has 0 aliphatic carbocycles. The summed E-state index contributed by atoms with van der Waals surface area (Å²) in [5.74, 6) is 0.772. The Bertz CT molecular complexity index is 746. The molecule has 1 unspecified atom stereocenters. The molecule has 2 aromatic heterocycles. The summed E-state index contributed by atoms with van der Waals surface area (Å²) in [6, 6.07) is 12.9. The van der Waals surface area contributed by atoms with Crippen LogP contribution in [0.5, 0.6) is 0 Å². The average Bonchev–Trinajstić information content (AvgIpc) is 2.96. The van der Waals surface area contributed by atoms with E-state index >= 15 is 0 Å². The second-order valence-electron chi connectivity index (χ2n) is 5.55. The SMILES string of the molecule is CC(C)C(NC(=O)c1ccccn1)c1nc2ccccc2[nH]1. The number of amides is 1. The van der Waals surface area contributed by atoms with Gasteiger partial charge in [-0.3, -0.25) is 9.78 Å². The molecule has 0 aliphatic heterocycles. The standard InChI is InChI=1S/C17H18N4O/c1-11(2)15(21-17(22)14-9-5-6-10-18-14)16-19-12-7-3-4-8-13(12)20-16/h3-11,15H,1-2H3,(H,19,20)(H,21,22). The van der Waals surface area contributed by atoms with E-state index in [0.717, 1.165) is 16.9 Å². The zero-order chi connectivity index (χ0) is 15.5. The quantitative estimate of drug-likeness (QED) is 0.776. The van der Waals surface area contributed by atoms with Crippen molar-refractivity contribution in [1.29, 1.82) is 0 Å². The van der Waals surface area contributed by atoms with Crippen LogP contribution in [-0.2, 0) is 0 Å². The topological polar surface area (TPSA) is 70.7 Å². The molecule has 1 aromatic carbocycles. The highest BCUT2D eigenvalue weighted by Gasteiger charge is 2.22. The molecular formula is C17H18N4O. The Morgan fingerprint density at radius 3 is 2.59 bits per heavy atom. The first kappa shape index (κ1) is 14.3. The highest BCUT2D eigenvalue weighted by atomic mass is 16.1. The van der Waals surface area contributed by atoms with Gasteiger partial charge in [0, 0.05) is 6.20 Å². The Kier molecular flexibility index (Phi) is 3.87. The first-order valence-electron chi connectivity index (χ1n) is 7.31. The van der Waals surface area contributed by atoms with Crippen LogP contribution in [0.4, 0.5) is 0 Å². The highest BCUT2D eigenvalue weighted by Crippen LogP contribution is 2.22. The molecule has 0 radical (unpaired) electrons. The van der Waals surface area contributed by atoms with E-state index < -0.39 is 0 Å². The molecule has 1 atom stereocenters. The molecule has 0 fully saturated rings. The zero-order valence-corrected chi connectivity index (χ0v) is 12.6. The van der Waals surface area contributed by atoms with Gasteiger partial charge in [0.1, 0.15) is 11.5 Å². The molecule has 5 heteroatoms. The van der Waals surface area contributed by atoms with Crippen molar-refractivity contribution in [2.75, 3.05) is 0 Å². The van der Waals surface area contributed by atoms with Crippen LogP contribution in [0, 0.1) is 5.92 Å². The third kappa shape index (κ3) is 2.83. The van der Waals surface area contributed by atoms with E-state index in [0.29, 0.717) is 5.69 Å². The molecule has 0 aliphatic rings. The molecule has 0 saturated carbocycles. The Morgan fingerprint density at radius 1 is 1.14 bits per heavy atom. The van der Waals surface area contributed by atoms with Crippen LogP contribution >= 0.6 is 0 Å². The van der Waals surface area contributed by atoms with Crippen molar-refractivity contribution < 1.29 is 4.79 Å². The van der Waals surface area contributed by atoms with Gasteiger partial charge in [0.05, 0.1) is 17.1 Å². The van der Waals surface area contributed by atoms with Gasteiger partial charge in [-0.05, 0) is 30.2 Å². The van der Waals surface area contributed by atoms with Gasteiger partial charge in [-0.25, -0.2) is 4.98 Å². The second kappa shape index (κ2) is 5.97. The minimum Gasteiger partial charge on any atom is -0.340 e. The van der Waals surface area contributed by atoms with Crippen LogP contribution in [0.15, 0.2) is 48.7 Å². The number of imidazole rings is 1. The van der Waals surface area contributed by atoms with Gasteiger partial charge in [-0.15, -0.1) is 0 Å². The molecule has 22 heavy (non-hydrogen) atoms. The number of carbonyl (C=O) groups is 1. The predicted octanol–water partition coefficient (Wildman–Crippen LogP) is 3.09. The van der Waals surface area contributed by atoms with Crippen molar-refractivity contribution in [2.45, 2.75) is 19.9 Å². The van der Waals surface area contributed by atoms with Gasteiger partial charge in [-0.2, -0.15) is 0 Å². The van der Waals surface area contributed by atoms with E-state index in [1.165, 1.54) is 0 Å². The summed E-state index contributed by atoms with van der Waals surface area (Å²) >= 11 is 0. The number of H-pyrrole nitrogens is 1. The third-order valence-electron chi connectivity index (χ3n) is 3.55. The lowest BCUT2D eigenvalue weighted by Gasteiger charge is -2.20. The van der Waals surface area contributed by atoms with E-state index in [4.69, 9.17) is 0 Å². The van der Waals surface area contributed by atoms with E-state index in [1.54, 1.807) is 24.4 Å². The largest absolute Gasteiger partial charge is 0.340 e. The number of fused-ring (bicyclic) bond motifs is 1. The first-order chi connectivity index (χ1) is 10.6. The number of hydrogen-bond donors (Lipinski definition) is 2. The number of nitrogens with one attached hydrogen (secondary N) is 2. The Labute approximate surface area is 128 Å². The fraction of sp³-hybridized carbons (Fsp3) is 0.235. The maximum Gasteiger partial charge on any atom is 0.270 e. The van der Waals surface area contributed by atoms with Gasteiger partial charge < -0.3 is 10.3 Å². The van der Waals surface area contributed by atoms with Gasteiger partial charge in [0.2, 0.25) is 0 Å². The summed E-state index contributed by atoms with van der Waals surface area (Å²) in [6.45, 7) is 4.10. The minimum atomic E-state index is -0.195. The fourth-order valence-electron chi connectivity index (χ4n) is 2.38. The van der Waals surface area contributed by atoms with E-state index in [2.05, 4.69) is 34.1 Å². The molecular weight excluding hydrogens is 276 g/mol. The van der Waals surface area contributed by atoms with Gasteiger partial charge in [0.25, 0.3) is 5.91 Å². The average molecular weight is 294 g/mol. The lowest BCUT2D eigenvalue weighted by atomic mass is 10.0. The summed E-state index contributed by atoms with van der Waals surface area (Å²) < 4.78 is 0. The number of pyridine rings is 1. The van der Waals surface area contributed by atoms with Crippen molar-refractivity contribution in [3.63, 3.8) is 0 Å². The Balaban J connectivity index is 1.88. The summed E-state index contributed by atoms with van der Waals surface area (Å²) in [5.41, 5.74) is 2.27. The number of rotatable bonds is 4. The van der Waals surface area contributed by atoms with Crippen LogP contribution < -0.4 is 5.32 Å². The molecule has 0 spiro atoms. The Hall–Kier alpha value is -2.69. The first-order valence-corrected chi connectivity index (χ1v) is 7.31. The molecule has 0 bridgehead atoms. The summed E-state index contributed by atoms with van der Waals surface area (Å²) in [6.07, 6.45) is 1.61. The molecule has 3 aromatic rings. The predicted molar refractivity (Wildman–Crippen MR) is 85.4 cm³/mol. The van der Waals surface area contributed by atoms with Crippen LogP contribution in [0.2, 0.25) is 0 Å². The van der Waals surface area contributed by atoms with E-state index in [1.807, 2.05) is 24.3 Å². The van der Waals surface area contributed by atoms with Crippen LogP contribution in [0.1, 0.15) is 36.2 Å². The van der Waals surface area contributed by atoms with Gasteiger partial charge >= 0.3 is 0 Å². The Morgan fingerprint density at radius 2 is 1.91 bits per heavy atom. The van der Waals surface area contributed by atoms with Crippen molar-refractivity contribution in [2.24, 2.45) is 5.92 Å². The monoisotopic (exact) mass is 294 g/mol. The molecule has 2 N–H and O–H groups in total. The van der Waals surface area contributed by atoms with Crippen LogP contribution in [0.25, 0.3) is 11.0 Å². The zero-order valence-electron chi connectivity index (χ0n) is 12.6. The number of hydrogen-bond acceptors (Lipinski definition) is 3. The van der Waals surface area contributed by atoms with Crippen molar-refractivity contribution in [1.82, 2.24) is 20.3 Å². The van der Waals surface area contributed by atoms with Gasteiger partial charge in [0.15, 0.2) is 0 Å². The lowest BCUT2D eigenvalue weighted by molar-refractivity contribution is 0.0918. The van der Waals surface area contributed by atoms with Crippen LogP contribution in [-0.4, -0.2) is 20.9 Å². The van der Waals surface area contributed by atoms with Gasteiger partial charge in [-0.1, -0.05) is 32.0 Å². The second-order valence-corrected chi connectivity index (χ2v) is 5.55. The van der Waals surface area contributed by atoms with E-state index in [9.17, 15) is 4.79 Å². The maximum atomic E-state index is 12.3. The normalized spacial score (nSPS) is 12.5. The van der Waals surface area contributed by atoms with Crippen molar-refractivity contribution >= 4 is 16.9 Å². The summed E-state index contributed by atoms with van der Waals surface area (Å²) in [7, 11) is 0. The molecule has 112 valence electrons. The smallest absolute Gasteiger partial charge is 0.270 e. The number of aromatic nitrogens is 3. The molecule has 1 amide bonds. The molecule has 5 nitrogen and oxygen atoms in total. The lowest BCUT2D eigenvalue weighted by Crippen LogP contribution is -2.33. The molecule has 3 rings (SSSR count). The van der Waals surface area contributed by atoms with Crippen molar-refractivity contribution in [3.05, 3.63) is 60.2 Å². The highest BCUT2D eigenvalue weighted by molar-refractivity contribution is 5.92. The fourth-order valence-corrected chi connectivity index (χ4v) is 2.38. The number of para-hydroxylation sites is 2. The number of benzene rings is 1. The van der Waals surface area contributed by atoms with Crippen molar-refractivity contribution in [3.8, 4) is 0 Å². The molecule has 0 saturated heterocycles. The summed E-state index contributed by atoms with van der Waals surface area (Å²) in [5, 5.41) is 3.01. The van der Waals surface area contributed by atoms with Crippen LogP contribution in [0.3, 0.4) is 0 Å². The number of nitrogens with zero attached hydrogens (tertiary/aromatic N) is 2. The minimum absolute atomic E-state index is 0.193. The maximum absolute atomic E-state index is 12.3. The summed E-state index contributed by atoms with van der Waals surface area (Å²) in [4.78, 5) is 24.3. The third-order valence-corrected chi connectivity index (χ3v) is 3.55. The van der Waals surface area contributed by atoms with E-state index in [-0.39, 0.29) is 17.9 Å².